The summed E-state index contributed by atoms with van der Waals surface area (Å²) in [6, 6.07) is 3.64. The summed E-state index contributed by atoms with van der Waals surface area (Å²) in [5.74, 6) is 0.371. The van der Waals surface area contributed by atoms with E-state index in [2.05, 4.69) is 10.0 Å². The number of amides is 1. The number of hydrogen-bond acceptors (Lipinski definition) is 5. The van der Waals surface area contributed by atoms with E-state index in [9.17, 15) is 13.2 Å². The third-order valence-corrected chi connectivity index (χ3v) is 7.44. The molecule has 0 aliphatic heterocycles. The van der Waals surface area contributed by atoms with E-state index in [1.54, 1.807) is 6.07 Å². The molecule has 0 radical (unpaired) electrons. The zero-order chi connectivity index (χ0) is 18.4. The zero-order valence-corrected chi connectivity index (χ0v) is 16.6. The molecule has 1 heterocycles. The predicted octanol–water partition coefficient (Wildman–Crippen LogP) is 2.00. The first-order chi connectivity index (χ1) is 11.8. The molecule has 1 fully saturated rings. The molecule has 8 heteroatoms. The van der Waals surface area contributed by atoms with E-state index >= 15 is 0 Å². The van der Waals surface area contributed by atoms with E-state index < -0.39 is 10.0 Å². The molecule has 0 unspecified atom stereocenters. The van der Waals surface area contributed by atoms with Gasteiger partial charge in [0.1, 0.15) is 4.21 Å². The Morgan fingerprint density at radius 3 is 2.60 bits per heavy atom. The summed E-state index contributed by atoms with van der Waals surface area (Å²) in [7, 11) is -3.47. The first-order valence-corrected chi connectivity index (χ1v) is 11.2. The highest BCUT2D eigenvalue weighted by molar-refractivity contribution is 7.91. The lowest BCUT2D eigenvalue weighted by atomic mass is 9.93. The summed E-state index contributed by atoms with van der Waals surface area (Å²) in [6.45, 7) is 4.53. The molecule has 1 amide bonds. The minimum absolute atomic E-state index is 0.0225. The van der Waals surface area contributed by atoms with Crippen molar-refractivity contribution in [1.82, 2.24) is 10.0 Å². The number of rotatable bonds is 8. The van der Waals surface area contributed by atoms with Crippen LogP contribution in [0.15, 0.2) is 16.3 Å². The molecule has 6 nitrogen and oxygen atoms in total. The van der Waals surface area contributed by atoms with Crippen molar-refractivity contribution in [3.8, 4) is 0 Å². The van der Waals surface area contributed by atoms with Crippen LogP contribution in [0.5, 0.6) is 0 Å². The number of nitrogens with one attached hydrogen (secondary N) is 2. The van der Waals surface area contributed by atoms with Gasteiger partial charge in [0.25, 0.3) is 0 Å². The molecule has 0 spiro atoms. The van der Waals surface area contributed by atoms with Gasteiger partial charge in [-0.05, 0) is 50.2 Å². The van der Waals surface area contributed by atoms with Crippen molar-refractivity contribution in [3.05, 3.63) is 17.0 Å². The second kappa shape index (κ2) is 9.12. The van der Waals surface area contributed by atoms with E-state index in [4.69, 9.17) is 5.73 Å². The Hall–Kier alpha value is -0.960. The monoisotopic (exact) mass is 387 g/mol. The quantitative estimate of drug-likeness (QED) is 0.635. The van der Waals surface area contributed by atoms with Crippen LogP contribution in [0, 0.1) is 5.92 Å². The third-order valence-electron chi connectivity index (χ3n) is 4.28. The average Bonchev–Trinajstić information content (AvgIpc) is 2.98. The van der Waals surface area contributed by atoms with Crippen molar-refractivity contribution < 1.29 is 13.2 Å². The van der Waals surface area contributed by atoms with Crippen LogP contribution in [0.4, 0.5) is 0 Å². The Bertz CT molecular complexity index is 662. The van der Waals surface area contributed by atoms with Crippen LogP contribution in [0.2, 0.25) is 0 Å². The van der Waals surface area contributed by atoms with E-state index in [0.717, 1.165) is 30.6 Å². The molecule has 1 aromatic rings. The number of nitrogens with two attached hydrogens (primary N) is 1. The van der Waals surface area contributed by atoms with Gasteiger partial charge in [0.2, 0.25) is 15.9 Å². The number of thiophene rings is 1. The zero-order valence-electron chi connectivity index (χ0n) is 15.0. The van der Waals surface area contributed by atoms with Crippen LogP contribution < -0.4 is 15.8 Å². The van der Waals surface area contributed by atoms with Gasteiger partial charge in [-0.1, -0.05) is 13.8 Å². The van der Waals surface area contributed by atoms with Gasteiger partial charge in [0.15, 0.2) is 0 Å². The highest BCUT2D eigenvalue weighted by Crippen LogP contribution is 2.24. The van der Waals surface area contributed by atoms with Crippen molar-refractivity contribution in [2.75, 3.05) is 6.54 Å². The van der Waals surface area contributed by atoms with E-state index in [1.807, 2.05) is 19.9 Å². The summed E-state index contributed by atoms with van der Waals surface area (Å²) in [5.41, 5.74) is 5.86. The van der Waals surface area contributed by atoms with Crippen LogP contribution in [0.1, 0.15) is 50.8 Å². The Balaban J connectivity index is 1.83. The lowest BCUT2D eigenvalue weighted by Crippen LogP contribution is -2.40. The molecule has 0 bridgehead atoms. The average molecular weight is 388 g/mol. The molecule has 1 aliphatic rings. The molecule has 0 saturated heterocycles. The number of carbonyl (C=O) groups excluding carboxylic acids is 1. The molecule has 1 aliphatic carbocycles. The van der Waals surface area contributed by atoms with E-state index in [-0.39, 0.29) is 18.0 Å². The van der Waals surface area contributed by atoms with Gasteiger partial charge >= 0.3 is 0 Å². The summed E-state index contributed by atoms with van der Waals surface area (Å²) in [6.07, 6.45) is 4.46. The smallest absolute Gasteiger partial charge is 0.250 e. The Morgan fingerprint density at radius 2 is 1.96 bits per heavy atom. The van der Waals surface area contributed by atoms with Gasteiger partial charge in [-0.3, -0.25) is 4.79 Å². The molecule has 2 rings (SSSR count). The van der Waals surface area contributed by atoms with E-state index in [1.165, 1.54) is 11.3 Å². The van der Waals surface area contributed by atoms with Gasteiger partial charge < -0.3 is 11.1 Å². The van der Waals surface area contributed by atoms with Crippen LogP contribution in [0.3, 0.4) is 0 Å². The Kier molecular flexibility index (Phi) is 7.42. The lowest BCUT2D eigenvalue weighted by molar-refractivity contribution is -0.121. The summed E-state index contributed by atoms with van der Waals surface area (Å²) in [4.78, 5) is 12.6. The van der Waals surface area contributed by atoms with Gasteiger partial charge in [0.05, 0.1) is 0 Å². The number of carbonyl (C=O) groups is 1. The first-order valence-electron chi connectivity index (χ1n) is 8.89. The van der Waals surface area contributed by atoms with Gasteiger partial charge in [-0.25, -0.2) is 13.1 Å². The standard InChI is InChI=1S/C17H29N3O3S2/c1-12(2)11-16(21)19-10-9-15-7-8-17(24-15)25(22,23)20-14-5-3-13(18)4-6-14/h7-8,12-14,20H,3-6,9-11,18H2,1-2H3,(H,19,21). The molecule has 25 heavy (non-hydrogen) atoms. The third kappa shape index (κ3) is 6.69. The van der Waals surface area contributed by atoms with Crippen LogP contribution >= 0.6 is 11.3 Å². The van der Waals surface area contributed by atoms with Gasteiger partial charge in [0, 0.05) is 29.9 Å². The van der Waals surface area contributed by atoms with Crippen molar-refractivity contribution in [2.45, 2.75) is 68.7 Å². The fourth-order valence-corrected chi connectivity index (χ4v) is 5.60. The summed E-state index contributed by atoms with van der Waals surface area (Å²) in [5, 5.41) is 2.87. The van der Waals surface area contributed by atoms with Crippen molar-refractivity contribution in [3.63, 3.8) is 0 Å². The van der Waals surface area contributed by atoms with E-state index in [0.29, 0.717) is 29.5 Å². The van der Waals surface area contributed by atoms with Gasteiger partial charge in [-0.2, -0.15) is 0 Å². The maximum absolute atomic E-state index is 12.5. The molecular formula is C17H29N3O3S2. The van der Waals surface area contributed by atoms with Crippen LogP contribution in [0.25, 0.3) is 0 Å². The fourth-order valence-electron chi connectivity index (χ4n) is 2.92. The minimum atomic E-state index is -3.47. The van der Waals surface area contributed by atoms with Crippen molar-refractivity contribution >= 4 is 27.3 Å². The highest BCUT2D eigenvalue weighted by Gasteiger charge is 2.25. The van der Waals surface area contributed by atoms with Crippen LogP contribution in [-0.2, 0) is 21.2 Å². The SMILES string of the molecule is CC(C)CC(=O)NCCc1ccc(S(=O)(=O)NC2CCC(N)CC2)s1. The number of hydrogen-bond donors (Lipinski definition) is 3. The first kappa shape index (κ1) is 20.4. The van der Waals surface area contributed by atoms with Gasteiger partial charge in [-0.15, -0.1) is 11.3 Å². The Morgan fingerprint density at radius 1 is 1.28 bits per heavy atom. The van der Waals surface area contributed by atoms with Crippen LogP contribution in [-0.4, -0.2) is 33.0 Å². The second-order valence-corrected chi connectivity index (χ2v) is 10.3. The minimum Gasteiger partial charge on any atom is -0.356 e. The summed E-state index contributed by atoms with van der Waals surface area (Å²) < 4.78 is 28.1. The molecule has 1 aromatic heterocycles. The molecule has 4 N–H and O–H groups in total. The molecule has 0 atom stereocenters. The molecular weight excluding hydrogens is 358 g/mol. The normalized spacial score (nSPS) is 21.4. The maximum atomic E-state index is 12.5. The number of sulfonamides is 1. The Labute approximate surface area is 154 Å². The topological polar surface area (TPSA) is 101 Å². The molecule has 0 aromatic carbocycles. The van der Waals surface area contributed by atoms with Crippen molar-refractivity contribution in [2.24, 2.45) is 11.7 Å². The highest BCUT2D eigenvalue weighted by atomic mass is 32.2. The van der Waals surface area contributed by atoms with Crippen molar-refractivity contribution in [1.29, 1.82) is 0 Å². The largest absolute Gasteiger partial charge is 0.356 e. The molecule has 1 saturated carbocycles. The fraction of sp³-hybridized carbons (Fsp3) is 0.706. The maximum Gasteiger partial charge on any atom is 0.250 e. The summed E-state index contributed by atoms with van der Waals surface area (Å²) >= 11 is 1.27. The predicted molar refractivity (Wildman–Crippen MR) is 101 cm³/mol. The molecule has 142 valence electrons. The second-order valence-electron chi connectivity index (χ2n) is 7.15. The lowest BCUT2D eigenvalue weighted by Gasteiger charge is -2.26.